The van der Waals surface area contributed by atoms with Crippen molar-refractivity contribution >= 4 is 27.3 Å². The summed E-state index contributed by atoms with van der Waals surface area (Å²) < 4.78 is 26.7. The first kappa shape index (κ1) is 19.3. The van der Waals surface area contributed by atoms with Crippen molar-refractivity contribution in [3.63, 3.8) is 0 Å². The zero-order valence-electron chi connectivity index (χ0n) is 14.4. The third-order valence-electron chi connectivity index (χ3n) is 3.28. The van der Waals surface area contributed by atoms with Crippen LogP contribution in [0.3, 0.4) is 0 Å². The van der Waals surface area contributed by atoms with Gasteiger partial charge in [0.25, 0.3) is 0 Å². The van der Waals surface area contributed by atoms with E-state index in [0.717, 1.165) is 10.7 Å². The summed E-state index contributed by atoms with van der Waals surface area (Å²) in [6.07, 6.45) is 2.85. The van der Waals surface area contributed by atoms with Crippen molar-refractivity contribution < 1.29 is 8.42 Å². The van der Waals surface area contributed by atoms with Crippen LogP contribution in [0.15, 0.2) is 39.8 Å². The summed E-state index contributed by atoms with van der Waals surface area (Å²) in [7, 11) is 0.0464. The first-order valence-electron chi connectivity index (χ1n) is 7.65. The highest BCUT2D eigenvalue weighted by atomic mass is 32.2. The van der Waals surface area contributed by atoms with Crippen LogP contribution in [0.4, 0.5) is 0 Å². The maximum absolute atomic E-state index is 12.1. The molecule has 2 heterocycles. The molecule has 2 rings (SSSR count). The van der Waals surface area contributed by atoms with Crippen LogP contribution in [0.5, 0.6) is 0 Å². The van der Waals surface area contributed by atoms with Crippen molar-refractivity contribution in [1.82, 2.24) is 24.9 Å². The Morgan fingerprint density at radius 3 is 2.80 bits per heavy atom. The summed E-state index contributed by atoms with van der Waals surface area (Å²) in [6.45, 7) is 3.24. The van der Waals surface area contributed by atoms with Crippen LogP contribution >= 0.6 is 11.3 Å². The number of rotatable bonds is 7. The zero-order chi connectivity index (χ0) is 18.3. The number of hydrogen-bond acceptors (Lipinski definition) is 6. The summed E-state index contributed by atoms with van der Waals surface area (Å²) in [6, 6.07) is 3.09. The molecule has 0 fully saturated rings. The molecule has 0 aliphatic rings. The largest absolute Gasteiger partial charge is 0.355 e. The Morgan fingerprint density at radius 2 is 2.20 bits per heavy atom. The molecule has 8 nitrogen and oxygen atoms in total. The van der Waals surface area contributed by atoms with Gasteiger partial charge in [-0.15, -0.1) is 11.3 Å². The van der Waals surface area contributed by atoms with E-state index in [4.69, 9.17) is 0 Å². The smallest absolute Gasteiger partial charge is 0.242 e. The van der Waals surface area contributed by atoms with Gasteiger partial charge in [-0.1, -0.05) is 0 Å². The Balaban J connectivity index is 1.81. The standard InChI is InChI=1S/C15H22N6O2S2/c1-12-20-13(11-24-12)10-21(3)15(16-2)18-7-8-19-25(22,23)14-5-4-6-17-9-14/h4-6,9,11,19H,7-8,10H2,1-3H3,(H,16,18). The number of hydrogen-bond donors (Lipinski definition) is 2. The van der Waals surface area contributed by atoms with Gasteiger partial charge in [0.1, 0.15) is 4.90 Å². The number of thiazole rings is 1. The highest BCUT2D eigenvalue weighted by Gasteiger charge is 2.13. The lowest BCUT2D eigenvalue weighted by Gasteiger charge is -2.21. The van der Waals surface area contributed by atoms with Gasteiger partial charge in [0.05, 0.1) is 17.2 Å². The lowest BCUT2D eigenvalue weighted by molar-refractivity contribution is 0.471. The summed E-state index contributed by atoms with van der Waals surface area (Å²) >= 11 is 1.61. The van der Waals surface area contributed by atoms with E-state index in [2.05, 4.69) is 25.0 Å². The second-order valence-electron chi connectivity index (χ2n) is 5.27. The SMILES string of the molecule is CN=C(NCCNS(=O)(=O)c1cccnc1)N(C)Cc1csc(C)n1. The highest BCUT2D eigenvalue weighted by molar-refractivity contribution is 7.89. The zero-order valence-corrected chi connectivity index (χ0v) is 16.1. The summed E-state index contributed by atoms with van der Waals surface area (Å²) in [5.41, 5.74) is 0.977. The first-order valence-corrected chi connectivity index (χ1v) is 10.0. The van der Waals surface area contributed by atoms with Crippen LogP contribution in [0, 0.1) is 6.92 Å². The molecule has 2 N–H and O–H groups in total. The van der Waals surface area contributed by atoms with E-state index in [1.807, 2.05) is 24.3 Å². The van der Waals surface area contributed by atoms with E-state index in [1.165, 1.54) is 18.5 Å². The minimum atomic E-state index is -3.55. The lowest BCUT2D eigenvalue weighted by Crippen LogP contribution is -2.42. The number of nitrogens with one attached hydrogen (secondary N) is 2. The van der Waals surface area contributed by atoms with Gasteiger partial charge in [0, 0.05) is 45.0 Å². The van der Waals surface area contributed by atoms with Crippen molar-refractivity contribution in [3.8, 4) is 0 Å². The van der Waals surface area contributed by atoms with Crippen LogP contribution in [0.2, 0.25) is 0 Å². The Hall–Kier alpha value is -2.04. The molecule has 0 aliphatic carbocycles. The average molecular weight is 383 g/mol. The Kier molecular flexibility index (Phi) is 6.85. The molecule has 0 bridgehead atoms. The molecular formula is C15H22N6O2S2. The molecule has 0 spiro atoms. The summed E-state index contributed by atoms with van der Waals surface area (Å²) in [5.74, 6) is 0.672. The maximum atomic E-state index is 12.1. The van der Waals surface area contributed by atoms with Crippen LogP contribution in [0.1, 0.15) is 10.7 Å². The number of aryl methyl sites for hydroxylation is 1. The number of aromatic nitrogens is 2. The number of guanidine groups is 1. The Labute approximate surface area is 152 Å². The van der Waals surface area contributed by atoms with Crippen molar-refractivity contribution in [2.45, 2.75) is 18.4 Å². The van der Waals surface area contributed by atoms with Crippen LogP contribution in [-0.4, -0.2) is 56.4 Å². The molecule has 0 atom stereocenters. The van der Waals surface area contributed by atoms with Crippen molar-refractivity contribution in [1.29, 1.82) is 0 Å². The molecule has 0 radical (unpaired) electrons. The van der Waals surface area contributed by atoms with Gasteiger partial charge in [-0.2, -0.15) is 0 Å². The second kappa shape index (κ2) is 8.88. The third-order valence-corrected chi connectivity index (χ3v) is 5.55. The van der Waals surface area contributed by atoms with Crippen molar-refractivity contribution in [3.05, 3.63) is 40.6 Å². The van der Waals surface area contributed by atoms with Gasteiger partial charge in [-0.05, 0) is 19.1 Å². The molecule has 0 unspecified atom stereocenters. The maximum Gasteiger partial charge on any atom is 0.242 e. The molecule has 2 aromatic heterocycles. The molecule has 0 saturated heterocycles. The number of nitrogens with zero attached hydrogens (tertiary/aromatic N) is 4. The van der Waals surface area contributed by atoms with E-state index in [1.54, 1.807) is 24.5 Å². The average Bonchev–Trinajstić information content (AvgIpc) is 3.00. The predicted octanol–water partition coefficient (Wildman–Crippen LogP) is 0.832. The summed E-state index contributed by atoms with van der Waals surface area (Å²) in [4.78, 5) is 14.5. The van der Waals surface area contributed by atoms with Crippen molar-refractivity contribution in [2.75, 3.05) is 27.2 Å². The fraction of sp³-hybridized carbons (Fsp3) is 0.400. The summed E-state index contributed by atoms with van der Waals surface area (Å²) in [5, 5.41) is 6.17. The van der Waals surface area contributed by atoms with E-state index < -0.39 is 10.0 Å². The van der Waals surface area contributed by atoms with Gasteiger partial charge in [0.2, 0.25) is 10.0 Å². The number of pyridine rings is 1. The first-order chi connectivity index (χ1) is 11.9. The normalized spacial score (nSPS) is 12.2. The molecule has 2 aromatic rings. The molecule has 136 valence electrons. The lowest BCUT2D eigenvalue weighted by atomic mass is 10.4. The molecule has 0 amide bonds. The van der Waals surface area contributed by atoms with Gasteiger partial charge in [0.15, 0.2) is 5.96 Å². The van der Waals surface area contributed by atoms with E-state index in [9.17, 15) is 8.42 Å². The molecule has 25 heavy (non-hydrogen) atoms. The van der Waals surface area contributed by atoms with Crippen LogP contribution < -0.4 is 10.0 Å². The van der Waals surface area contributed by atoms with Crippen LogP contribution in [-0.2, 0) is 16.6 Å². The van der Waals surface area contributed by atoms with E-state index >= 15 is 0 Å². The Bertz CT molecular complexity index is 804. The number of aliphatic imine (C=N–C) groups is 1. The van der Waals surface area contributed by atoms with Gasteiger partial charge in [-0.25, -0.2) is 18.1 Å². The molecule has 0 aliphatic heterocycles. The fourth-order valence-electron chi connectivity index (χ4n) is 2.13. The van der Waals surface area contributed by atoms with Crippen molar-refractivity contribution in [2.24, 2.45) is 4.99 Å². The minimum Gasteiger partial charge on any atom is -0.355 e. The Morgan fingerprint density at radius 1 is 1.40 bits per heavy atom. The van der Waals surface area contributed by atoms with Gasteiger partial charge in [-0.3, -0.25) is 9.98 Å². The van der Waals surface area contributed by atoms with E-state index in [0.29, 0.717) is 19.0 Å². The topological polar surface area (TPSA) is 99.6 Å². The number of sulfonamides is 1. The quantitative estimate of drug-likeness (QED) is 0.418. The second-order valence-corrected chi connectivity index (χ2v) is 8.10. The fourth-order valence-corrected chi connectivity index (χ4v) is 3.73. The van der Waals surface area contributed by atoms with Gasteiger partial charge >= 0.3 is 0 Å². The van der Waals surface area contributed by atoms with Crippen LogP contribution in [0.25, 0.3) is 0 Å². The van der Waals surface area contributed by atoms with Gasteiger partial charge < -0.3 is 10.2 Å². The molecule has 0 aromatic carbocycles. The third kappa shape index (κ3) is 5.76. The van der Waals surface area contributed by atoms with E-state index in [-0.39, 0.29) is 11.4 Å². The molecule has 0 saturated carbocycles. The molecular weight excluding hydrogens is 360 g/mol. The monoisotopic (exact) mass is 382 g/mol. The predicted molar refractivity (Wildman–Crippen MR) is 99.1 cm³/mol. The minimum absolute atomic E-state index is 0.149. The molecule has 10 heteroatoms. The highest BCUT2D eigenvalue weighted by Crippen LogP contribution is 2.09.